The SMILES string of the molecule is CCCC1=C2[C@@H](CC/C(=C/c3ccc(O)c4ccccc34)c3ccccc3)OB(O)C[C@@H]2[C@@H]2C(=O)N(c3ccccc3)C(=O)[C@@H]2C1. The van der Waals surface area contributed by atoms with Crippen LogP contribution < -0.4 is 4.90 Å². The molecule has 7 rings (SSSR count). The van der Waals surface area contributed by atoms with Crippen LogP contribution in [0.3, 0.4) is 0 Å². The van der Waals surface area contributed by atoms with E-state index in [0.29, 0.717) is 31.3 Å². The third-order valence-corrected chi connectivity index (χ3v) is 9.96. The number of anilines is 1. The molecule has 2 amide bonds. The van der Waals surface area contributed by atoms with Crippen molar-refractivity contribution in [3.05, 3.63) is 119 Å². The number of amides is 2. The van der Waals surface area contributed by atoms with Crippen LogP contribution in [-0.2, 0) is 14.2 Å². The zero-order valence-corrected chi connectivity index (χ0v) is 26.0. The minimum absolute atomic E-state index is 0.137. The van der Waals surface area contributed by atoms with Crippen LogP contribution >= 0.6 is 0 Å². The summed E-state index contributed by atoms with van der Waals surface area (Å²) in [5.41, 5.74) is 6.15. The molecular weight excluding hydrogens is 573 g/mol. The highest BCUT2D eigenvalue weighted by Crippen LogP contribution is 2.52. The number of carbonyl (C=O) groups excluding carboxylic acids is 2. The molecule has 7 heteroatoms. The number of fused-ring (bicyclic) bond motifs is 4. The smallest absolute Gasteiger partial charge is 0.455 e. The fourth-order valence-corrected chi connectivity index (χ4v) is 7.99. The van der Waals surface area contributed by atoms with Crippen molar-refractivity contribution in [3.8, 4) is 5.75 Å². The van der Waals surface area contributed by atoms with E-state index < -0.39 is 19.0 Å². The number of allylic oxidation sites excluding steroid dienone is 2. The number of benzene rings is 4. The van der Waals surface area contributed by atoms with Gasteiger partial charge in [-0.1, -0.05) is 104 Å². The molecule has 2 fully saturated rings. The number of carbonyl (C=O) groups is 2. The molecule has 6 nitrogen and oxygen atoms in total. The van der Waals surface area contributed by atoms with Gasteiger partial charge in [-0.3, -0.25) is 14.5 Å². The van der Waals surface area contributed by atoms with Crippen molar-refractivity contribution in [3.63, 3.8) is 0 Å². The molecule has 2 aliphatic heterocycles. The van der Waals surface area contributed by atoms with Crippen molar-refractivity contribution in [1.82, 2.24) is 0 Å². The molecule has 0 unspecified atom stereocenters. The van der Waals surface area contributed by atoms with Gasteiger partial charge in [0.1, 0.15) is 5.75 Å². The Labute approximate surface area is 270 Å². The molecule has 0 saturated carbocycles. The number of rotatable bonds is 8. The fraction of sp³-hybridized carbons (Fsp3) is 0.282. The van der Waals surface area contributed by atoms with Gasteiger partial charge in [0.2, 0.25) is 11.8 Å². The van der Waals surface area contributed by atoms with Gasteiger partial charge in [0.25, 0.3) is 0 Å². The molecule has 4 aromatic carbocycles. The summed E-state index contributed by atoms with van der Waals surface area (Å²) in [4.78, 5) is 29.1. The van der Waals surface area contributed by atoms with Gasteiger partial charge in [-0.05, 0) is 83.8 Å². The summed E-state index contributed by atoms with van der Waals surface area (Å²) < 4.78 is 6.30. The molecule has 2 heterocycles. The van der Waals surface area contributed by atoms with E-state index in [2.05, 4.69) is 25.1 Å². The lowest BCUT2D eigenvalue weighted by molar-refractivity contribution is -0.122. The van der Waals surface area contributed by atoms with Crippen LogP contribution in [0.5, 0.6) is 5.75 Å². The number of para-hydroxylation sites is 1. The molecule has 4 atom stereocenters. The van der Waals surface area contributed by atoms with E-state index >= 15 is 0 Å². The van der Waals surface area contributed by atoms with E-state index in [1.54, 1.807) is 6.07 Å². The van der Waals surface area contributed by atoms with Gasteiger partial charge in [0.15, 0.2) is 0 Å². The van der Waals surface area contributed by atoms with Gasteiger partial charge in [-0.25, -0.2) is 0 Å². The molecule has 232 valence electrons. The summed E-state index contributed by atoms with van der Waals surface area (Å²) in [7, 11) is -1.01. The Balaban J connectivity index is 1.24. The predicted molar refractivity (Wildman–Crippen MR) is 183 cm³/mol. The Morgan fingerprint density at radius 1 is 0.891 bits per heavy atom. The number of nitrogens with zero attached hydrogens (tertiary/aromatic N) is 1. The van der Waals surface area contributed by atoms with Crippen LogP contribution in [-0.4, -0.2) is 35.2 Å². The summed E-state index contributed by atoms with van der Waals surface area (Å²) in [6.07, 6.45) is 5.72. The molecule has 3 aliphatic rings. The zero-order chi connectivity index (χ0) is 31.8. The van der Waals surface area contributed by atoms with Crippen LogP contribution in [0.1, 0.15) is 50.2 Å². The highest BCUT2D eigenvalue weighted by Gasteiger charge is 2.57. The van der Waals surface area contributed by atoms with E-state index in [9.17, 15) is 19.7 Å². The predicted octanol–water partition coefficient (Wildman–Crippen LogP) is 7.67. The molecule has 2 saturated heterocycles. The summed E-state index contributed by atoms with van der Waals surface area (Å²) in [5.74, 6) is -1.22. The maximum absolute atomic E-state index is 14.0. The number of hydrogen-bond donors (Lipinski definition) is 2. The number of aromatic hydroxyl groups is 1. The van der Waals surface area contributed by atoms with Crippen LogP contribution in [0.25, 0.3) is 22.4 Å². The Hall–Kier alpha value is -4.46. The van der Waals surface area contributed by atoms with Crippen molar-refractivity contribution in [2.75, 3.05) is 4.90 Å². The van der Waals surface area contributed by atoms with Crippen molar-refractivity contribution in [2.24, 2.45) is 17.8 Å². The molecule has 2 N–H and O–H groups in total. The number of hydrogen-bond acceptors (Lipinski definition) is 5. The Kier molecular flexibility index (Phi) is 8.37. The number of phenolic OH excluding ortho intramolecular Hbond substituents is 1. The molecule has 0 aromatic heterocycles. The summed E-state index contributed by atoms with van der Waals surface area (Å²) >= 11 is 0. The number of imide groups is 1. The fourth-order valence-electron chi connectivity index (χ4n) is 7.99. The molecule has 4 aromatic rings. The summed E-state index contributed by atoms with van der Waals surface area (Å²) in [6.45, 7) is 2.14. The molecule has 0 spiro atoms. The maximum atomic E-state index is 14.0. The molecule has 1 aliphatic carbocycles. The average molecular weight is 612 g/mol. The highest BCUT2D eigenvalue weighted by atomic mass is 16.5. The maximum Gasteiger partial charge on any atom is 0.455 e. The lowest BCUT2D eigenvalue weighted by Gasteiger charge is -2.43. The summed E-state index contributed by atoms with van der Waals surface area (Å²) in [6, 6.07) is 31.0. The van der Waals surface area contributed by atoms with Gasteiger partial charge in [-0.2, -0.15) is 0 Å². The first-order valence-electron chi connectivity index (χ1n) is 16.4. The van der Waals surface area contributed by atoms with Crippen molar-refractivity contribution >= 4 is 47.0 Å². The first kappa shape index (κ1) is 30.2. The number of phenols is 1. The molecule has 46 heavy (non-hydrogen) atoms. The zero-order valence-electron chi connectivity index (χ0n) is 26.0. The van der Waals surface area contributed by atoms with Gasteiger partial charge >= 0.3 is 7.12 Å². The van der Waals surface area contributed by atoms with Crippen molar-refractivity contribution in [2.45, 2.75) is 51.5 Å². The van der Waals surface area contributed by atoms with E-state index in [-0.39, 0.29) is 29.6 Å². The Morgan fingerprint density at radius 2 is 1.59 bits per heavy atom. The van der Waals surface area contributed by atoms with Gasteiger partial charge < -0.3 is 14.8 Å². The largest absolute Gasteiger partial charge is 0.507 e. The second-order valence-electron chi connectivity index (χ2n) is 12.7. The minimum atomic E-state index is -1.01. The van der Waals surface area contributed by atoms with Crippen LogP contribution in [0, 0.1) is 17.8 Å². The standard InChI is InChI=1S/C39H38BNO5/c1-2-11-28-23-32-37(39(44)41(38(32)43)29-14-7-4-8-15-29)33-24-40(45)46-35(36(28)33)21-19-26(25-12-5-3-6-13-25)22-27-18-20-34(42)31-17-10-9-16-30(27)31/h3-10,12-18,20,22,32-33,35,37,42,45H,2,11,19,21,23-24H2,1H3/b26-22-/t32-,33+,35-,37-/m1/s1. The van der Waals surface area contributed by atoms with Crippen LogP contribution in [0.15, 0.2) is 108 Å². The first-order valence-corrected chi connectivity index (χ1v) is 16.4. The quantitative estimate of drug-likeness (QED) is 0.0925. The van der Waals surface area contributed by atoms with Crippen LogP contribution in [0.2, 0.25) is 6.32 Å². The van der Waals surface area contributed by atoms with E-state index in [0.717, 1.165) is 45.9 Å². The summed E-state index contributed by atoms with van der Waals surface area (Å²) in [5, 5.41) is 23.3. The average Bonchev–Trinajstić information content (AvgIpc) is 3.33. The minimum Gasteiger partial charge on any atom is -0.507 e. The Bertz CT molecular complexity index is 1840. The molecular formula is C39H38BNO5. The van der Waals surface area contributed by atoms with E-state index in [4.69, 9.17) is 4.65 Å². The highest BCUT2D eigenvalue weighted by molar-refractivity contribution is 6.43. The van der Waals surface area contributed by atoms with Crippen molar-refractivity contribution < 1.29 is 24.4 Å². The first-order chi connectivity index (χ1) is 22.4. The van der Waals surface area contributed by atoms with Crippen LogP contribution in [0.4, 0.5) is 5.69 Å². The topological polar surface area (TPSA) is 87.1 Å². The second kappa shape index (κ2) is 12.7. The third-order valence-electron chi connectivity index (χ3n) is 9.96. The third kappa shape index (κ3) is 5.48. The monoisotopic (exact) mass is 611 g/mol. The lowest BCUT2D eigenvalue weighted by Crippen LogP contribution is -2.46. The van der Waals surface area contributed by atoms with E-state index in [1.165, 1.54) is 10.5 Å². The lowest BCUT2D eigenvalue weighted by atomic mass is 9.58. The Morgan fingerprint density at radius 3 is 2.33 bits per heavy atom. The normalized spacial score (nSPS) is 23.2. The van der Waals surface area contributed by atoms with E-state index in [1.807, 2.05) is 78.9 Å². The molecule has 0 radical (unpaired) electrons. The van der Waals surface area contributed by atoms with Gasteiger partial charge in [0, 0.05) is 5.39 Å². The molecule has 0 bridgehead atoms. The van der Waals surface area contributed by atoms with Gasteiger partial charge in [0.05, 0.1) is 23.6 Å². The van der Waals surface area contributed by atoms with Crippen molar-refractivity contribution in [1.29, 1.82) is 0 Å². The van der Waals surface area contributed by atoms with Gasteiger partial charge in [-0.15, -0.1) is 0 Å². The second-order valence-corrected chi connectivity index (χ2v) is 12.7.